The molecule has 4 aromatic heterocycles. The third kappa shape index (κ3) is 3.20. The molecule has 0 atom stereocenters. The Balaban J connectivity index is 1.33. The molecule has 4 aromatic rings. The van der Waals surface area contributed by atoms with E-state index < -0.39 is 0 Å². The standard InChI is InChI=1S/C21H21N5O5/c1-2-18-22-25(20(28)15-12-17-14(26(15)18)5-11-31-17)13-19(27)23-6-8-24(9-7-23)21(29)16-4-3-10-30-16/h3-5,10-12H,2,6-9,13H2,1H3. The predicted molar refractivity (Wildman–Crippen MR) is 110 cm³/mol. The van der Waals surface area contributed by atoms with Crippen LogP contribution in [0.15, 0.2) is 50.4 Å². The zero-order chi connectivity index (χ0) is 21.5. The summed E-state index contributed by atoms with van der Waals surface area (Å²) in [5, 5.41) is 4.43. The molecule has 1 saturated heterocycles. The quantitative estimate of drug-likeness (QED) is 0.491. The summed E-state index contributed by atoms with van der Waals surface area (Å²) in [4.78, 5) is 41.5. The van der Waals surface area contributed by atoms with Crippen molar-refractivity contribution in [1.82, 2.24) is 24.0 Å². The topological polar surface area (TPSA) is 106 Å². The van der Waals surface area contributed by atoms with Crippen LogP contribution in [-0.4, -0.2) is 62.0 Å². The van der Waals surface area contributed by atoms with Gasteiger partial charge < -0.3 is 18.6 Å². The van der Waals surface area contributed by atoms with Crippen LogP contribution < -0.4 is 5.56 Å². The molecule has 0 aromatic carbocycles. The molecule has 0 radical (unpaired) electrons. The first-order valence-electron chi connectivity index (χ1n) is 10.2. The molecule has 0 N–H and O–H groups in total. The van der Waals surface area contributed by atoms with Crippen molar-refractivity contribution in [2.75, 3.05) is 26.2 Å². The fourth-order valence-electron chi connectivity index (χ4n) is 4.00. The molecular formula is C21H21N5O5. The van der Waals surface area contributed by atoms with Crippen molar-refractivity contribution in [3.05, 3.63) is 58.7 Å². The monoisotopic (exact) mass is 423 g/mol. The van der Waals surface area contributed by atoms with Crippen molar-refractivity contribution in [2.45, 2.75) is 19.9 Å². The van der Waals surface area contributed by atoms with Crippen LogP contribution in [0.4, 0.5) is 0 Å². The van der Waals surface area contributed by atoms with E-state index in [1.54, 1.807) is 44.7 Å². The van der Waals surface area contributed by atoms with Gasteiger partial charge in [-0.25, -0.2) is 4.68 Å². The van der Waals surface area contributed by atoms with Gasteiger partial charge in [0, 0.05) is 44.7 Å². The highest BCUT2D eigenvalue weighted by molar-refractivity contribution is 5.91. The van der Waals surface area contributed by atoms with Crippen LogP contribution in [0.1, 0.15) is 23.3 Å². The summed E-state index contributed by atoms with van der Waals surface area (Å²) in [6, 6.07) is 6.76. The minimum Gasteiger partial charge on any atom is -0.463 e. The minimum atomic E-state index is -0.344. The average molecular weight is 423 g/mol. The number of furan rings is 2. The van der Waals surface area contributed by atoms with E-state index in [4.69, 9.17) is 8.83 Å². The second kappa shape index (κ2) is 7.46. The largest absolute Gasteiger partial charge is 0.463 e. The van der Waals surface area contributed by atoms with Crippen molar-refractivity contribution < 1.29 is 18.4 Å². The molecule has 0 bridgehead atoms. The van der Waals surface area contributed by atoms with E-state index in [1.807, 2.05) is 6.92 Å². The molecule has 10 heteroatoms. The second-order valence-electron chi connectivity index (χ2n) is 7.42. The van der Waals surface area contributed by atoms with E-state index in [9.17, 15) is 14.4 Å². The van der Waals surface area contributed by atoms with Crippen LogP contribution in [0.2, 0.25) is 0 Å². The molecule has 2 amide bonds. The van der Waals surface area contributed by atoms with E-state index >= 15 is 0 Å². The number of hydrogen-bond donors (Lipinski definition) is 0. The smallest absolute Gasteiger partial charge is 0.291 e. The molecule has 1 aliphatic rings. The molecular weight excluding hydrogens is 402 g/mol. The van der Waals surface area contributed by atoms with E-state index in [-0.39, 0.29) is 29.7 Å². The fraction of sp³-hybridized carbons (Fsp3) is 0.333. The molecule has 10 nitrogen and oxygen atoms in total. The first-order chi connectivity index (χ1) is 15.1. The van der Waals surface area contributed by atoms with E-state index in [2.05, 4.69) is 5.10 Å². The molecule has 0 unspecified atom stereocenters. The van der Waals surface area contributed by atoms with E-state index in [0.717, 1.165) is 5.52 Å². The van der Waals surface area contributed by atoms with Gasteiger partial charge in [0.25, 0.3) is 11.5 Å². The molecule has 0 spiro atoms. The number of amides is 2. The maximum absolute atomic E-state index is 13.0. The molecule has 1 fully saturated rings. The lowest BCUT2D eigenvalue weighted by atomic mass is 10.2. The van der Waals surface area contributed by atoms with Gasteiger partial charge >= 0.3 is 0 Å². The van der Waals surface area contributed by atoms with Crippen molar-refractivity contribution in [2.24, 2.45) is 0 Å². The first kappa shape index (κ1) is 19.2. The van der Waals surface area contributed by atoms with E-state index in [1.165, 1.54) is 10.9 Å². The lowest BCUT2D eigenvalue weighted by Crippen LogP contribution is -2.51. The van der Waals surface area contributed by atoms with Gasteiger partial charge in [-0.15, -0.1) is 0 Å². The van der Waals surface area contributed by atoms with Crippen molar-refractivity contribution in [3.63, 3.8) is 0 Å². The number of nitrogens with zero attached hydrogens (tertiary/aromatic N) is 5. The highest BCUT2D eigenvalue weighted by Crippen LogP contribution is 2.20. The Morgan fingerprint density at radius 1 is 1.03 bits per heavy atom. The van der Waals surface area contributed by atoms with Crippen molar-refractivity contribution >= 4 is 28.4 Å². The highest BCUT2D eigenvalue weighted by atomic mass is 16.3. The Labute approximate surface area is 176 Å². The summed E-state index contributed by atoms with van der Waals surface area (Å²) >= 11 is 0. The second-order valence-corrected chi connectivity index (χ2v) is 7.42. The van der Waals surface area contributed by atoms with Gasteiger partial charge in [-0.2, -0.15) is 5.10 Å². The van der Waals surface area contributed by atoms with Gasteiger partial charge in [0.2, 0.25) is 5.91 Å². The SMILES string of the molecule is CCc1nn(CC(=O)N2CCN(C(=O)c3ccco3)CC2)c(=O)c2cc3occc3n12. The number of piperazine rings is 1. The molecule has 0 saturated carbocycles. The highest BCUT2D eigenvalue weighted by Gasteiger charge is 2.27. The Kier molecular flexibility index (Phi) is 4.61. The van der Waals surface area contributed by atoms with Crippen molar-refractivity contribution in [1.29, 1.82) is 0 Å². The number of fused-ring (bicyclic) bond motifs is 3. The van der Waals surface area contributed by atoms with Gasteiger partial charge in [0.1, 0.15) is 17.9 Å². The summed E-state index contributed by atoms with van der Waals surface area (Å²) in [7, 11) is 0. The number of hydrogen-bond acceptors (Lipinski definition) is 6. The summed E-state index contributed by atoms with van der Waals surface area (Å²) in [5.41, 5.74) is 1.48. The molecule has 0 aliphatic carbocycles. The van der Waals surface area contributed by atoms with Gasteiger partial charge in [0.15, 0.2) is 11.3 Å². The number of aromatic nitrogens is 3. The van der Waals surface area contributed by atoms with Crippen LogP contribution >= 0.6 is 0 Å². The predicted octanol–water partition coefficient (Wildman–Crippen LogP) is 1.38. The number of carbonyl (C=O) groups is 2. The van der Waals surface area contributed by atoms with Crippen LogP contribution in [0.25, 0.3) is 16.6 Å². The van der Waals surface area contributed by atoms with E-state index in [0.29, 0.717) is 49.5 Å². The van der Waals surface area contributed by atoms with Gasteiger partial charge in [-0.05, 0) is 12.1 Å². The minimum absolute atomic E-state index is 0.152. The number of carbonyl (C=O) groups excluding carboxylic acids is 2. The number of rotatable bonds is 4. The lowest BCUT2D eigenvalue weighted by Gasteiger charge is -2.34. The Morgan fingerprint density at radius 2 is 1.81 bits per heavy atom. The summed E-state index contributed by atoms with van der Waals surface area (Å²) in [6.07, 6.45) is 3.62. The zero-order valence-electron chi connectivity index (χ0n) is 17.0. The Hall–Kier alpha value is -3.82. The normalized spacial score (nSPS) is 14.6. The maximum atomic E-state index is 13.0. The van der Waals surface area contributed by atoms with Crippen molar-refractivity contribution in [3.8, 4) is 0 Å². The molecule has 1 aliphatic heterocycles. The Morgan fingerprint density at radius 3 is 2.52 bits per heavy atom. The Bertz CT molecular complexity index is 1320. The van der Waals surface area contributed by atoms with Crippen LogP contribution in [-0.2, 0) is 17.8 Å². The maximum Gasteiger partial charge on any atom is 0.291 e. The fourth-order valence-corrected chi connectivity index (χ4v) is 4.00. The van der Waals surface area contributed by atoms with Crippen LogP contribution in [0, 0.1) is 0 Å². The van der Waals surface area contributed by atoms with Gasteiger partial charge in [0.05, 0.1) is 18.0 Å². The third-order valence-electron chi connectivity index (χ3n) is 5.62. The molecule has 5 heterocycles. The first-order valence-corrected chi connectivity index (χ1v) is 10.2. The summed E-state index contributed by atoms with van der Waals surface area (Å²) in [6.45, 7) is 3.38. The van der Waals surface area contributed by atoms with Crippen LogP contribution in [0.3, 0.4) is 0 Å². The summed E-state index contributed by atoms with van der Waals surface area (Å²) in [5.74, 6) is 0.563. The summed E-state index contributed by atoms with van der Waals surface area (Å²) < 4.78 is 13.6. The zero-order valence-corrected chi connectivity index (χ0v) is 17.0. The molecule has 160 valence electrons. The molecule has 31 heavy (non-hydrogen) atoms. The third-order valence-corrected chi connectivity index (χ3v) is 5.62. The van der Waals surface area contributed by atoms with Gasteiger partial charge in [-0.1, -0.05) is 6.92 Å². The number of aryl methyl sites for hydroxylation is 1. The van der Waals surface area contributed by atoms with Crippen LogP contribution in [0.5, 0.6) is 0 Å². The van der Waals surface area contributed by atoms with Gasteiger partial charge in [-0.3, -0.25) is 18.8 Å². The average Bonchev–Trinajstić information content (AvgIpc) is 3.53. The lowest BCUT2D eigenvalue weighted by molar-refractivity contribution is -0.133. The molecule has 5 rings (SSSR count).